The Labute approximate surface area is 126 Å². The highest BCUT2D eigenvalue weighted by atomic mass is 32.1. The number of hydrogen-bond donors (Lipinski definition) is 2. The molecule has 2 aromatic rings. The Morgan fingerprint density at radius 1 is 1.24 bits per heavy atom. The van der Waals surface area contributed by atoms with E-state index < -0.39 is 5.97 Å². The lowest BCUT2D eigenvalue weighted by Crippen LogP contribution is -2.24. The molecule has 0 aliphatic heterocycles. The lowest BCUT2D eigenvalue weighted by Gasteiger charge is -2.04. The average molecular weight is 310 g/mol. The van der Waals surface area contributed by atoms with Crippen molar-refractivity contribution >= 4 is 28.2 Å². The summed E-state index contributed by atoms with van der Waals surface area (Å²) in [5.74, 6) is -0.118. The summed E-state index contributed by atoms with van der Waals surface area (Å²) in [7, 11) is 0. The third-order valence-corrected chi connectivity index (χ3v) is 4.34. The molecular formula is C13H18N4O3S. The van der Waals surface area contributed by atoms with Crippen molar-refractivity contribution in [1.29, 1.82) is 0 Å². The first-order chi connectivity index (χ1) is 10.0. The topological polar surface area (TPSA) is 96.6 Å². The number of fused-ring (bicyclic) bond motifs is 1. The van der Waals surface area contributed by atoms with Gasteiger partial charge in [0.05, 0.1) is 0 Å². The van der Waals surface area contributed by atoms with Crippen LogP contribution in [0.25, 0.3) is 4.96 Å². The highest BCUT2D eigenvalue weighted by Crippen LogP contribution is 2.22. The maximum absolute atomic E-state index is 12.1. The van der Waals surface area contributed by atoms with Crippen LogP contribution in [-0.4, -0.2) is 38.1 Å². The number of unbranched alkanes of at least 4 members (excludes halogenated alkanes) is 2. The molecule has 0 fully saturated rings. The van der Waals surface area contributed by atoms with Crippen LogP contribution in [0.1, 0.15) is 46.9 Å². The van der Waals surface area contributed by atoms with Gasteiger partial charge in [0.1, 0.15) is 10.7 Å². The number of carbonyl (C=O) groups is 2. The first kappa shape index (κ1) is 15.4. The smallest absolute Gasteiger partial charge is 0.303 e. The molecule has 8 heteroatoms. The van der Waals surface area contributed by atoms with E-state index in [2.05, 4.69) is 15.5 Å². The summed E-state index contributed by atoms with van der Waals surface area (Å²) >= 11 is 1.32. The van der Waals surface area contributed by atoms with Crippen LogP contribution in [-0.2, 0) is 4.79 Å². The van der Waals surface area contributed by atoms with E-state index >= 15 is 0 Å². The molecule has 2 heterocycles. The number of aliphatic carboxylic acids is 1. The van der Waals surface area contributed by atoms with Crippen LogP contribution in [0, 0.1) is 13.8 Å². The van der Waals surface area contributed by atoms with E-state index in [9.17, 15) is 9.59 Å². The summed E-state index contributed by atoms with van der Waals surface area (Å²) in [4.78, 5) is 23.9. The van der Waals surface area contributed by atoms with Crippen LogP contribution in [0.3, 0.4) is 0 Å². The monoisotopic (exact) mass is 310 g/mol. The maximum Gasteiger partial charge on any atom is 0.303 e. The average Bonchev–Trinajstić information content (AvgIpc) is 2.95. The summed E-state index contributed by atoms with van der Waals surface area (Å²) in [5.41, 5.74) is 0.848. The molecular weight excluding hydrogens is 292 g/mol. The predicted molar refractivity (Wildman–Crippen MR) is 78.8 cm³/mol. The molecule has 114 valence electrons. The lowest BCUT2D eigenvalue weighted by molar-refractivity contribution is -0.137. The standard InChI is InChI=1S/C13H18N4O3S/c1-8-11(21-13-16-15-9(2)17(8)13)12(20)14-7-5-3-4-6-10(18)19/h3-7H2,1-2H3,(H,14,20)(H,18,19). The van der Waals surface area contributed by atoms with Crippen molar-refractivity contribution in [3.63, 3.8) is 0 Å². The van der Waals surface area contributed by atoms with E-state index in [1.807, 2.05) is 18.2 Å². The number of nitrogens with one attached hydrogen (secondary N) is 1. The van der Waals surface area contributed by atoms with Gasteiger partial charge in [0.2, 0.25) is 4.96 Å². The molecule has 0 atom stereocenters. The number of aromatic nitrogens is 3. The van der Waals surface area contributed by atoms with Crippen LogP contribution >= 0.6 is 11.3 Å². The van der Waals surface area contributed by atoms with Crippen molar-refractivity contribution in [1.82, 2.24) is 19.9 Å². The minimum atomic E-state index is -0.777. The molecule has 0 aliphatic rings. The molecule has 2 N–H and O–H groups in total. The molecule has 2 rings (SSSR count). The van der Waals surface area contributed by atoms with Crippen LogP contribution < -0.4 is 5.32 Å². The van der Waals surface area contributed by atoms with Gasteiger partial charge in [0.25, 0.3) is 5.91 Å². The minimum absolute atomic E-state index is 0.111. The van der Waals surface area contributed by atoms with E-state index in [4.69, 9.17) is 5.11 Å². The number of hydrogen-bond acceptors (Lipinski definition) is 5. The Morgan fingerprint density at radius 3 is 2.67 bits per heavy atom. The molecule has 0 aromatic carbocycles. The second-order valence-electron chi connectivity index (χ2n) is 4.84. The number of carbonyl (C=O) groups excluding carboxylic acids is 1. The van der Waals surface area contributed by atoms with E-state index in [-0.39, 0.29) is 12.3 Å². The van der Waals surface area contributed by atoms with Crippen LogP contribution in [0.2, 0.25) is 0 Å². The number of aryl methyl sites for hydroxylation is 2. The van der Waals surface area contributed by atoms with Gasteiger partial charge < -0.3 is 10.4 Å². The van der Waals surface area contributed by atoms with Gasteiger partial charge >= 0.3 is 5.97 Å². The molecule has 21 heavy (non-hydrogen) atoms. The van der Waals surface area contributed by atoms with Crippen molar-refractivity contribution in [2.75, 3.05) is 6.54 Å². The fourth-order valence-electron chi connectivity index (χ4n) is 2.13. The molecule has 0 aliphatic carbocycles. The second-order valence-corrected chi connectivity index (χ2v) is 5.82. The Bertz CT molecular complexity index is 662. The quantitative estimate of drug-likeness (QED) is 0.760. The third kappa shape index (κ3) is 3.57. The van der Waals surface area contributed by atoms with Crippen molar-refractivity contribution < 1.29 is 14.7 Å². The molecule has 0 radical (unpaired) electrons. The number of carboxylic acids is 1. The molecule has 1 amide bonds. The van der Waals surface area contributed by atoms with Gasteiger partial charge in [-0.15, -0.1) is 10.2 Å². The predicted octanol–water partition coefficient (Wildman–Crippen LogP) is 1.78. The number of carboxylic acid groups (broad SMARTS) is 1. The van der Waals surface area contributed by atoms with Gasteiger partial charge in [-0.1, -0.05) is 17.8 Å². The second kappa shape index (κ2) is 6.66. The zero-order chi connectivity index (χ0) is 15.4. The highest BCUT2D eigenvalue weighted by molar-refractivity contribution is 7.19. The molecule has 0 bridgehead atoms. The maximum atomic E-state index is 12.1. The van der Waals surface area contributed by atoms with Crippen molar-refractivity contribution in [2.24, 2.45) is 0 Å². The molecule has 0 spiro atoms. The number of rotatable bonds is 7. The van der Waals surface area contributed by atoms with Gasteiger partial charge in [0, 0.05) is 18.7 Å². The Balaban J connectivity index is 1.85. The van der Waals surface area contributed by atoms with E-state index in [1.165, 1.54) is 11.3 Å². The van der Waals surface area contributed by atoms with E-state index in [0.29, 0.717) is 17.8 Å². The molecule has 7 nitrogen and oxygen atoms in total. The summed E-state index contributed by atoms with van der Waals surface area (Å²) < 4.78 is 1.87. The number of nitrogens with zero attached hydrogens (tertiary/aromatic N) is 3. The molecule has 0 saturated heterocycles. The highest BCUT2D eigenvalue weighted by Gasteiger charge is 2.17. The Hall–Kier alpha value is -1.96. The first-order valence-electron chi connectivity index (χ1n) is 6.82. The van der Waals surface area contributed by atoms with Crippen LogP contribution in [0.5, 0.6) is 0 Å². The van der Waals surface area contributed by atoms with Gasteiger partial charge in [-0.05, 0) is 26.7 Å². The SMILES string of the molecule is Cc1nnc2sc(C(=O)NCCCCCC(=O)O)c(C)n12. The van der Waals surface area contributed by atoms with Crippen molar-refractivity contribution in [3.05, 3.63) is 16.4 Å². The van der Waals surface area contributed by atoms with Crippen molar-refractivity contribution in [2.45, 2.75) is 39.5 Å². The van der Waals surface area contributed by atoms with E-state index in [1.54, 1.807) is 0 Å². The lowest BCUT2D eigenvalue weighted by atomic mass is 10.2. The van der Waals surface area contributed by atoms with Crippen LogP contribution in [0.15, 0.2) is 0 Å². The van der Waals surface area contributed by atoms with Gasteiger partial charge in [-0.2, -0.15) is 0 Å². The minimum Gasteiger partial charge on any atom is -0.481 e. The van der Waals surface area contributed by atoms with Gasteiger partial charge in [0.15, 0.2) is 0 Å². The summed E-state index contributed by atoms with van der Waals surface area (Å²) in [6, 6.07) is 0. The largest absolute Gasteiger partial charge is 0.481 e. The zero-order valence-electron chi connectivity index (χ0n) is 12.0. The fraction of sp³-hybridized carbons (Fsp3) is 0.538. The summed E-state index contributed by atoms with van der Waals surface area (Å²) in [6.07, 6.45) is 2.40. The summed E-state index contributed by atoms with van der Waals surface area (Å²) in [5, 5.41) is 19.4. The van der Waals surface area contributed by atoms with E-state index in [0.717, 1.165) is 29.3 Å². The number of amides is 1. The van der Waals surface area contributed by atoms with Crippen molar-refractivity contribution in [3.8, 4) is 0 Å². The van der Waals surface area contributed by atoms with Gasteiger partial charge in [-0.3, -0.25) is 14.0 Å². The third-order valence-electron chi connectivity index (χ3n) is 3.21. The fourth-order valence-corrected chi connectivity index (χ4v) is 3.16. The number of thiazole rings is 1. The molecule has 2 aromatic heterocycles. The Morgan fingerprint density at radius 2 is 2.00 bits per heavy atom. The van der Waals surface area contributed by atoms with Crippen LogP contribution in [0.4, 0.5) is 0 Å². The molecule has 0 saturated carbocycles. The first-order valence-corrected chi connectivity index (χ1v) is 7.63. The molecule has 0 unspecified atom stereocenters. The zero-order valence-corrected chi connectivity index (χ0v) is 12.9. The normalized spacial score (nSPS) is 11.0. The summed E-state index contributed by atoms with van der Waals surface area (Å²) in [6.45, 7) is 4.28. The Kier molecular flexibility index (Phi) is 4.89. The van der Waals surface area contributed by atoms with Gasteiger partial charge in [-0.25, -0.2) is 0 Å².